The van der Waals surface area contributed by atoms with Crippen LogP contribution in [-0.4, -0.2) is 78.4 Å². The third kappa shape index (κ3) is 20.5. The quantitative estimate of drug-likeness (QED) is 0.0401. The first-order valence-corrected chi connectivity index (χ1v) is 24.9. The zero-order chi connectivity index (χ0) is 55.3. The van der Waals surface area contributed by atoms with Gasteiger partial charge in [0.05, 0.1) is 20.8 Å². The van der Waals surface area contributed by atoms with Crippen molar-refractivity contribution >= 4 is 147 Å². The Labute approximate surface area is 467 Å². The smallest absolute Gasteiger partial charge is 0.233 e. The third-order valence-electron chi connectivity index (χ3n) is 9.16. The van der Waals surface area contributed by atoms with Gasteiger partial charge in [-0.05, 0) is 87.2 Å². The summed E-state index contributed by atoms with van der Waals surface area (Å²) in [6.07, 6.45) is 0.612. The second-order valence-electron chi connectivity index (χ2n) is 16.1. The normalized spacial score (nSPS) is 10.5. The number of hydrogen-bond acceptors (Lipinski definition) is 24. The van der Waals surface area contributed by atoms with E-state index in [-0.39, 0.29) is 47.8 Å². The van der Waals surface area contributed by atoms with Crippen molar-refractivity contribution in [1.29, 1.82) is 0 Å². The second-order valence-corrected chi connectivity index (χ2v) is 18.5. The van der Waals surface area contributed by atoms with Crippen LogP contribution in [0.3, 0.4) is 0 Å². The van der Waals surface area contributed by atoms with Crippen molar-refractivity contribution in [1.82, 2.24) is 59.8 Å². The minimum Gasteiger partial charge on any atom is -0.368 e. The molecular weight excluding hydrogens is 1100 g/mol. The number of nitrogens with zero attached hydrogens (tertiary/aromatic N) is 12. The molecule has 8 rings (SSSR count). The van der Waals surface area contributed by atoms with Gasteiger partial charge in [0.25, 0.3) is 0 Å². The largest absolute Gasteiger partial charge is 0.368 e. The number of para-hydroxylation sites is 1. The number of nitrogens with one attached hydrogen (secondary N) is 6. The molecule has 0 spiro atoms. The number of halogens is 6. The van der Waals surface area contributed by atoms with Crippen molar-refractivity contribution < 1.29 is 0 Å². The minimum atomic E-state index is 0.0626. The predicted octanol–water partition coefficient (Wildman–Crippen LogP) is 9.16. The van der Waals surface area contributed by atoms with Crippen LogP contribution in [0.25, 0.3) is 0 Å². The number of hydrogen-bond donors (Lipinski definition) is 12. The summed E-state index contributed by atoms with van der Waals surface area (Å²) in [5.74, 6) is 2.90. The molecule has 18 N–H and O–H groups in total. The number of nitrogen functional groups attached to an aromatic ring is 6. The summed E-state index contributed by atoms with van der Waals surface area (Å²) in [5, 5.41) is 21.6. The molecule has 76 heavy (non-hydrogen) atoms. The standard InChI is InChI=1S/C13H17ClN6.C12H15ClN6.C11H11Cl3N6.C10H11ClN6/c1-8(2)17-13-19-11(15)18-12(20-13)16-7-9-5-3-4-6-10(9)14;1-7(2)15-11-17-10(14)18-12(19-11)16-9-6-4-3-5-8(9)13;12-6-4-8(14)7(13)3-5(6)1-2-17-11-19-9(15)18-10(16)20-11;11-7-4-2-1-3-6(7)5-14-10-16-8(12)15-9(13)17-10/h3-6,8H,7H2,1-2H3,(H4,15,16,17,18,19,20);3-7H,1-2H3,(H4,14,15,16,17,18,19);3-4H,1-2H2,(H5,15,16,17,18,19,20);1-4H,5H2,(H5,12,13,14,15,16,17). The van der Waals surface area contributed by atoms with E-state index in [0.717, 1.165) is 16.7 Å². The van der Waals surface area contributed by atoms with Gasteiger partial charge in [-0.1, -0.05) is 118 Å². The summed E-state index contributed by atoms with van der Waals surface area (Å²) < 4.78 is 0. The fourth-order valence-corrected chi connectivity index (χ4v) is 7.17. The van der Waals surface area contributed by atoms with Crippen molar-refractivity contribution in [2.45, 2.75) is 59.3 Å². The van der Waals surface area contributed by atoms with Gasteiger partial charge in [-0.25, -0.2) is 0 Å². The number of rotatable bonds is 16. The summed E-state index contributed by atoms with van der Waals surface area (Å²) in [6, 6.07) is 26.2. The van der Waals surface area contributed by atoms with E-state index >= 15 is 0 Å². The zero-order valence-electron chi connectivity index (χ0n) is 41.2. The summed E-state index contributed by atoms with van der Waals surface area (Å²) in [4.78, 5) is 47.5. The molecule has 4 heterocycles. The van der Waals surface area contributed by atoms with Crippen LogP contribution in [0.1, 0.15) is 44.4 Å². The maximum absolute atomic E-state index is 6.09. The van der Waals surface area contributed by atoms with Crippen molar-refractivity contribution in [2.24, 2.45) is 0 Å². The van der Waals surface area contributed by atoms with Crippen LogP contribution < -0.4 is 66.3 Å². The van der Waals surface area contributed by atoms with Gasteiger partial charge in [0.15, 0.2) is 0 Å². The molecule has 0 radical (unpaired) electrons. The summed E-state index contributed by atoms with van der Waals surface area (Å²) in [7, 11) is 0. The molecule has 400 valence electrons. The summed E-state index contributed by atoms with van der Waals surface area (Å²) >= 11 is 36.1. The fraction of sp³-hybridized carbons (Fsp3) is 0.217. The Kier molecular flexibility index (Phi) is 22.9. The fourth-order valence-electron chi connectivity index (χ4n) is 5.92. The average molecular weight is 1160 g/mol. The van der Waals surface area contributed by atoms with Gasteiger partial charge < -0.3 is 66.3 Å². The summed E-state index contributed by atoms with van der Waals surface area (Å²) in [6.45, 7) is 9.50. The van der Waals surface area contributed by atoms with Gasteiger partial charge in [0.2, 0.25) is 71.4 Å². The Bertz CT molecular complexity index is 3110. The van der Waals surface area contributed by atoms with Crippen LogP contribution in [0, 0.1) is 0 Å². The molecule has 24 nitrogen and oxygen atoms in total. The maximum Gasteiger partial charge on any atom is 0.233 e. The van der Waals surface area contributed by atoms with Gasteiger partial charge in [-0.3, -0.25) is 0 Å². The molecule has 4 aromatic carbocycles. The average Bonchev–Trinajstić information content (AvgIpc) is 3.33. The molecule has 0 bridgehead atoms. The number of nitrogens with two attached hydrogens (primary N) is 6. The summed E-state index contributed by atoms with van der Waals surface area (Å²) in [5.41, 5.74) is 36.6. The van der Waals surface area contributed by atoms with Gasteiger partial charge in [-0.15, -0.1) is 0 Å². The van der Waals surface area contributed by atoms with E-state index < -0.39 is 0 Å². The highest BCUT2D eigenvalue weighted by Gasteiger charge is 2.11. The Balaban J connectivity index is 0.000000187. The Morgan fingerprint density at radius 2 is 0.737 bits per heavy atom. The second kappa shape index (κ2) is 29.4. The van der Waals surface area contributed by atoms with Crippen LogP contribution in [0.5, 0.6) is 0 Å². The van der Waals surface area contributed by atoms with E-state index in [1.165, 1.54) is 0 Å². The minimum absolute atomic E-state index is 0.0626. The highest BCUT2D eigenvalue weighted by atomic mass is 35.5. The third-order valence-corrected chi connectivity index (χ3v) is 11.3. The number of benzene rings is 4. The predicted molar refractivity (Wildman–Crippen MR) is 309 cm³/mol. The molecule has 8 aromatic rings. The zero-order valence-corrected chi connectivity index (χ0v) is 45.7. The maximum atomic E-state index is 6.09. The molecule has 0 atom stereocenters. The molecule has 0 amide bonds. The lowest BCUT2D eigenvalue weighted by Crippen LogP contribution is -2.15. The van der Waals surface area contributed by atoms with Gasteiger partial charge in [-0.2, -0.15) is 59.8 Å². The van der Waals surface area contributed by atoms with Crippen LogP contribution in [0.4, 0.5) is 77.1 Å². The molecule has 0 aliphatic heterocycles. The van der Waals surface area contributed by atoms with Gasteiger partial charge in [0, 0.05) is 46.8 Å². The molecule has 0 aliphatic carbocycles. The first kappa shape index (κ1) is 59.1. The lowest BCUT2D eigenvalue weighted by Gasteiger charge is -2.11. The van der Waals surface area contributed by atoms with E-state index in [1.54, 1.807) is 18.2 Å². The highest BCUT2D eigenvalue weighted by Crippen LogP contribution is 2.29. The van der Waals surface area contributed by atoms with E-state index in [2.05, 4.69) is 91.7 Å². The van der Waals surface area contributed by atoms with Crippen LogP contribution in [-0.2, 0) is 19.5 Å². The molecule has 0 saturated heterocycles. The molecular formula is C46H54Cl6N24. The van der Waals surface area contributed by atoms with Crippen molar-refractivity contribution in [3.63, 3.8) is 0 Å². The molecule has 4 aromatic heterocycles. The number of aromatic nitrogens is 12. The Morgan fingerprint density at radius 1 is 0.368 bits per heavy atom. The highest BCUT2D eigenvalue weighted by molar-refractivity contribution is 6.43. The first-order valence-electron chi connectivity index (χ1n) is 22.6. The van der Waals surface area contributed by atoms with E-state index in [1.807, 2.05) is 94.4 Å². The van der Waals surface area contributed by atoms with Crippen LogP contribution in [0.15, 0.2) is 84.9 Å². The lowest BCUT2D eigenvalue weighted by atomic mass is 10.1. The molecule has 0 fully saturated rings. The molecule has 0 aliphatic rings. The molecule has 0 saturated carbocycles. The SMILES string of the molecule is CC(C)Nc1nc(N)nc(NCc2ccccc2Cl)n1.CC(C)Nc1nc(N)nc(Nc2ccccc2Cl)n1.Nc1nc(N)nc(NCCc2cc(Cl)c(Cl)cc2Cl)n1.Nc1nc(N)nc(NCc2ccccc2Cl)n1. The van der Waals surface area contributed by atoms with Crippen LogP contribution >= 0.6 is 69.6 Å². The Morgan fingerprint density at radius 3 is 1.20 bits per heavy atom. The van der Waals surface area contributed by atoms with Gasteiger partial charge in [0.1, 0.15) is 0 Å². The number of anilines is 13. The van der Waals surface area contributed by atoms with E-state index in [0.29, 0.717) is 97.6 Å². The van der Waals surface area contributed by atoms with Crippen molar-refractivity contribution in [3.8, 4) is 0 Å². The lowest BCUT2D eigenvalue weighted by molar-refractivity contribution is 0.867. The Hall–Kier alpha value is -7.74. The molecule has 30 heteroatoms. The van der Waals surface area contributed by atoms with Gasteiger partial charge >= 0.3 is 0 Å². The van der Waals surface area contributed by atoms with Crippen LogP contribution in [0.2, 0.25) is 30.1 Å². The van der Waals surface area contributed by atoms with Crippen molar-refractivity contribution in [3.05, 3.63) is 132 Å². The van der Waals surface area contributed by atoms with E-state index in [9.17, 15) is 0 Å². The molecule has 0 unspecified atom stereocenters. The monoisotopic (exact) mass is 1150 g/mol. The topological polar surface area (TPSA) is 383 Å². The first-order chi connectivity index (χ1) is 36.2. The van der Waals surface area contributed by atoms with Crippen molar-refractivity contribution in [2.75, 3.05) is 72.8 Å². The van der Waals surface area contributed by atoms with E-state index in [4.69, 9.17) is 104 Å².